The second kappa shape index (κ2) is 6.54. The van der Waals surface area contributed by atoms with Gasteiger partial charge in [-0.1, -0.05) is 18.2 Å². The molecule has 1 fully saturated rings. The smallest absolute Gasteiger partial charge is 0.0708 e. The lowest BCUT2D eigenvalue weighted by molar-refractivity contribution is 0.101. The Hall–Kier alpha value is -1.45. The zero-order chi connectivity index (χ0) is 14.7. The van der Waals surface area contributed by atoms with Gasteiger partial charge in [0, 0.05) is 18.0 Å². The number of ether oxygens (including phenoxy) is 1. The van der Waals surface area contributed by atoms with Crippen LogP contribution < -0.4 is 5.73 Å². The SMILES string of the molecule is Cc1cc(C(N)CCCC2CCCO2)nc2ccccc12. The molecule has 0 spiro atoms. The molecule has 112 valence electrons. The van der Waals surface area contributed by atoms with Gasteiger partial charge < -0.3 is 10.5 Å². The zero-order valence-corrected chi connectivity index (χ0v) is 12.7. The number of para-hydroxylation sites is 1. The van der Waals surface area contributed by atoms with Crippen LogP contribution in [0.1, 0.15) is 49.4 Å². The molecule has 0 aliphatic carbocycles. The predicted molar refractivity (Wildman–Crippen MR) is 86.2 cm³/mol. The van der Waals surface area contributed by atoms with Gasteiger partial charge in [-0.05, 0) is 56.7 Å². The second-order valence-electron chi connectivity index (χ2n) is 6.05. The normalized spacial score (nSPS) is 20.0. The Kier molecular flexibility index (Phi) is 4.51. The number of rotatable bonds is 5. The molecule has 0 bridgehead atoms. The number of fused-ring (bicyclic) bond motifs is 1. The maximum Gasteiger partial charge on any atom is 0.0708 e. The van der Waals surface area contributed by atoms with Crippen molar-refractivity contribution in [2.45, 2.75) is 51.2 Å². The van der Waals surface area contributed by atoms with Crippen LogP contribution in [0.15, 0.2) is 30.3 Å². The van der Waals surface area contributed by atoms with Crippen LogP contribution >= 0.6 is 0 Å². The summed E-state index contributed by atoms with van der Waals surface area (Å²) in [5.74, 6) is 0. The van der Waals surface area contributed by atoms with Crippen molar-refractivity contribution in [3.05, 3.63) is 41.6 Å². The molecule has 0 saturated carbocycles. The fourth-order valence-corrected chi connectivity index (χ4v) is 3.15. The summed E-state index contributed by atoms with van der Waals surface area (Å²) in [7, 11) is 0. The van der Waals surface area contributed by atoms with E-state index in [4.69, 9.17) is 15.5 Å². The third kappa shape index (κ3) is 3.42. The highest BCUT2D eigenvalue weighted by atomic mass is 16.5. The minimum absolute atomic E-state index is 0.0229. The van der Waals surface area contributed by atoms with Crippen molar-refractivity contribution < 1.29 is 4.74 Å². The predicted octanol–water partition coefficient (Wildman–Crippen LogP) is 3.89. The Balaban J connectivity index is 1.65. The van der Waals surface area contributed by atoms with Crippen molar-refractivity contribution in [2.24, 2.45) is 5.73 Å². The molecule has 1 aromatic carbocycles. The van der Waals surface area contributed by atoms with Crippen molar-refractivity contribution in [1.82, 2.24) is 4.98 Å². The highest BCUT2D eigenvalue weighted by Gasteiger charge is 2.16. The highest BCUT2D eigenvalue weighted by molar-refractivity contribution is 5.82. The molecule has 2 heterocycles. The Labute approximate surface area is 126 Å². The van der Waals surface area contributed by atoms with Crippen LogP contribution in [0.4, 0.5) is 0 Å². The van der Waals surface area contributed by atoms with Gasteiger partial charge in [0.2, 0.25) is 0 Å². The fraction of sp³-hybridized carbons (Fsp3) is 0.500. The van der Waals surface area contributed by atoms with E-state index in [0.29, 0.717) is 6.10 Å². The van der Waals surface area contributed by atoms with Gasteiger partial charge in [-0.15, -0.1) is 0 Å². The third-order valence-electron chi connectivity index (χ3n) is 4.39. The number of aromatic nitrogens is 1. The quantitative estimate of drug-likeness (QED) is 0.906. The molecule has 1 aliphatic heterocycles. The number of pyridine rings is 1. The Bertz CT molecular complexity index is 605. The number of nitrogens with zero attached hydrogens (tertiary/aromatic N) is 1. The first-order valence-corrected chi connectivity index (χ1v) is 7.97. The van der Waals surface area contributed by atoms with Gasteiger partial charge >= 0.3 is 0 Å². The van der Waals surface area contributed by atoms with Gasteiger partial charge in [0.05, 0.1) is 17.3 Å². The summed E-state index contributed by atoms with van der Waals surface area (Å²) < 4.78 is 5.66. The first kappa shape index (κ1) is 14.5. The molecule has 2 unspecified atom stereocenters. The van der Waals surface area contributed by atoms with Crippen LogP contribution in [0.5, 0.6) is 0 Å². The maximum atomic E-state index is 6.34. The summed E-state index contributed by atoms with van der Waals surface area (Å²) >= 11 is 0. The minimum atomic E-state index is 0.0229. The van der Waals surface area contributed by atoms with Gasteiger partial charge in [0.1, 0.15) is 0 Å². The van der Waals surface area contributed by atoms with Crippen molar-refractivity contribution in [3.63, 3.8) is 0 Å². The van der Waals surface area contributed by atoms with Crippen LogP contribution in [-0.4, -0.2) is 17.7 Å². The summed E-state index contributed by atoms with van der Waals surface area (Å²) in [6.45, 7) is 3.06. The first-order valence-electron chi connectivity index (χ1n) is 7.97. The lowest BCUT2D eigenvalue weighted by atomic mass is 10.0. The van der Waals surface area contributed by atoms with Crippen molar-refractivity contribution in [2.75, 3.05) is 6.61 Å². The zero-order valence-electron chi connectivity index (χ0n) is 12.7. The van der Waals surface area contributed by atoms with Gasteiger partial charge in [-0.3, -0.25) is 4.98 Å². The number of hydrogen-bond donors (Lipinski definition) is 1. The average molecular weight is 284 g/mol. The molecule has 1 aliphatic rings. The van der Waals surface area contributed by atoms with Crippen LogP contribution in [0.3, 0.4) is 0 Å². The number of aryl methyl sites for hydroxylation is 1. The number of nitrogens with two attached hydrogens (primary N) is 1. The summed E-state index contributed by atoms with van der Waals surface area (Å²) in [5.41, 5.74) is 9.65. The summed E-state index contributed by atoms with van der Waals surface area (Å²) in [5, 5.41) is 1.22. The number of benzene rings is 1. The van der Waals surface area contributed by atoms with E-state index in [1.165, 1.54) is 23.8 Å². The van der Waals surface area contributed by atoms with Crippen LogP contribution in [0, 0.1) is 6.92 Å². The second-order valence-corrected chi connectivity index (χ2v) is 6.05. The van der Waals surface area contributed by atoms with E-state index in [9.17, 15) is 0 Å². The van der Waals surface area contributed by atoms with E-state index in [0.717, 1.165) is 37.1 Å². The molecular weight excluding hydrogens is 260 g/mol. The van der Waals surface area contributed by atoms with E-state index >= 15 is 0 Å². The minimum Gasteiger partial charge on any atom is -0.378 e. The highest BCUT2D eigenvalue weighted by Crippen LogP contribution is 2.24. The van der Waals surface area contributed by atoms with Crippen LogP contribution in [0.25, 0.3) is 10.9 Å². The van der Waals surface area contributed by atoms with Gasteiger partial charge in [0.25, 0.3) is 0 Å². The van der Waals surface area contributed by atoms with Crippen LogP contribution in [0.2, 0.25) is 0 Å². The van der Waals surface area contributed by atoms with Crippen LogP contribution in [-0.2, 0) is 4.74 Å². The van der Waals surface area contributed by atoms with Crippen molar-refractivity contribution in [1.29, 1.82) is 0 Å². The van der Waals surface area contributed by atoms with E-state index in [-0.39, 0.29) is 6.04 Å². The Morgan fingerprint density at radius 1 is 1.38 bits per heavy atom. The van der Waals surface area contributed by atoms with E-state index in [2.05, 4.69) is 31.2 Å². The average Bonchev–Trinajstić information content (AvgIpc) is 3.00. The molecular formula is C18H24N2O. The fourth-order valence-electron chi connectivity index (χ4n) is 3.15. The Morgan fingerprint density at radius 2 is 2.24 bits per heavy atom. The lowest BCUT2D eigenvalue weighted by Crippen LogP contribution is -2.14. The molecule has 0 amide bonds. The standard InChI is InChI=1S/C18H24N2O/c1-13-12-18(20-17-10-3-2-8-15(13)17)16(19)9-4-6-14-7-5-11-21-14/h2-3,8,10,12,14,16H,4-7,9,11,19H2,1H3. The molecule has 3 nitrogen and oxygen atoms in total. The van der Waals surface area contributed by atoms with E-state index in [1.54, 1.807) is 0 Å². The lowest BCUT2D eigenvalue weighted by Gasteiger charge is -2.15. The Morgan fingerprint density at radius 3 is 3.05 bits per heavy atom. The maximum absolute atomic E-state index is 6.34. The van der Waals surface area contributed by atoms with Gasteiger partial charge in [-0.2, -0.15) is 0 Å². The van der Waals surface area contributed by atoms with E-state index < -0.39 is 0 Å². The first-order chi connectivity index (χ1) is 10.2. The molecule has 2 atom stereocenters. The number of hydrogen-bond acceptors (Lipinski definition) is 3. The summed E-state index contributed by atoms with van der Waals surface area (Å²) in [6.07, 6.45) is 6.10. The van der Waals surface area contributed by atoms with Gasteiger partial charge in [-0.25, -0.2) is 0 Å². The molecule has 0 radical (unpaired) electrons. The van der Waals surface area contributed by atoms with Crippen molar-refractivity contribution >= 4 is 10.9 Å². The molecule has 1 aromatic heterocycles. The molecule has 3 rings (SSSR count). The molecule has 3 heteroatoms. The largest absolute Gasteiger partial charge is 0.378 e. The van der Waals surface area contributed by atoms with Crippen molar-refractivity contribution in [3.8, 4) is 0 Å². The third-order valence-corrected chi connectivity index (χ3v) is 4.39. The van der Waals surface area contributed by atoms with E-state index in [1.807, 2.05) is 6.07 Å². The molecule has 2 aromatic rings. The summed E-state index contributed by atoms with van der Waals surface area (Å²) in [4.78, 5) is 4.73. The topological polar surface area (TPSA) is 48.1 Å². The monoisotopic (exact) mass is 284 g/mol. The molecule has 1 saturated heterocycles. The molecule has 21 heavy (non-hydrogen) atoms. The molecule has 2 N–H and O–H groups in total. The summed E-state index contributed by atoms with van der Waals surface area (Å²) in [6, 6.07) is 10.4. The van der Waals surface area contributed by atoms with Gasteiger partial charge in [0.15, 0.2) is 0 Å².